The van der Waals surface area contributed by atoms with Crippen molar-refractivity contribution in [1.29, 1.82) is 0 Å². The van der Waals surface area contributed by atoms with Crippen molar-refractivity contribution in [3.63, 3.8) is 0 Å². The molecule has 122 valence electrons. The molecule has 0 saturated heterocycles. The largest absolute Gasteiger partial charge is 0.384 e. The fourth-order valence-corrected chi connectivity index (χ4v) is 5.29. The number of carbonyl (C=O) groups is 1. The van der Waals surface area contributed by atoms with Crippen LogP contribution < -0.4 is 0 Å². The van der Waals surface area contributed by atoms with Crippen LogP contribution in [0.2, 0.25) is 0 Å². The van der Waals surface area contributed by atoms with Crippen LogP contribution in [-0.4, -0.2) is 17.0 Å². The predicted molar refractivity (Wildman–Crippen MR) is 89.4 cm³/mol. The molecule has 2 bridgehead atoms. The summed E-state index contributed by atoms with van der Waals surface area (Å²) in [5, 5.41) is 10.7. The minimum atomic E-state index is -0.801. The summed E-state index contributed by atoms with van der Waals surface area (Å²) in [5.74, 6) is 1.52. The van der Waals surface area contributed by atoms with Crippen LogP contribution in [-0.2, 0) is 4.79 Å². The van der Waals surface area contributed by atoms with Crippen LogP contribution in [0, 0.1) is 23.2 Å². The zero-order valence-corrected chi connectivity index (χ0v) is 14.5. The molecule has 0 spiro atoms. The van der Waals surface area contributed by atoms with E-state index in [1.165, 1.54) is 17.6 Å². The Morgan fingerprint density at radius 2 is 1.95 bits per heavy atom. The first kappa shape index (κ1) is 16.0. The van der Waals surface area contributed by atoms with E-state index >= 15 is 0 Å². The lowest BCUT2D eigenvalue weighted by molar-refractivity contribution is -0.133. The standard InChI is InChI=1S/C20H30O2/c1-12-6-5-7-13(2)15-10-11-20(4)17(15)14(3)16(9-8-12)18(21)19(20)22/h7,12,15,17,19,22H,5-6,8-11H2,1-4H3/b13-7-/t12-,15-,17+,19+,20-/m0/s1. The number of allylic oxidation sites excluding steroid dienone is 3. The number of Topliss-reactive ketones (excluding diaryl/α,β-unsaturated/α-hetero) is 1. The summed E-state index contributed by atoms with van der Waals surface area (Å²) in [4.78, 5) is 12.8. The predicted octanol–water partition coefficient (Wildman–Crippen LogP) is 4.44. The number of rotatable bonds is 0. The van der Waals surface area contributed by atoms with Gasteiger partial charge < -0.3 is 5.11 Å². The lowest BCUT2D eigenvalue weighted by Crippen LogP contribution is -2.48. The van der Waals surface area contributed by atoms with Crippen molar-refractivity contribution in [1.82, 2.24) is 0 Å². The molecule has 22 heavy (non-hydrogen) atoms. The second-order valence-corrected chi connectivity index (χ2v) is 8.23. The van der Waals surface area contributed by atoms with Crippen LogP contribution >= 0.6 is 0 Å². The van der Waals surface area contributed by atoms with Crippen LogP contribution in [0.5, 0.6) is 0 Å². The molecule has 0 amide bonds. The normalized spacial score (nSPS) is 45.3. The van der Waals surface area contributed by atoms with E-state index in [9.17, 15) is 9.90 Å². The number of aliphatic hydroxyl groups excluding tert-OH is 1. The molecule has 3 rings (SSSR count). The van der Waals surface area contributed by atoms with Crippen LogP contribution in [0.15, 0.2) is 22.8 Å². The van der Waals surface area contributed by atoms with Gasteiger partial charge in [-0.1, -0.05) is 31.1 Å². The van der Waals surface area contributed by atoms with Gasteiger partial charge >= 0.3 is 0 Å². The van der Waals surface area contributed by atoms with Crippen LogP contribution in [0.25, 0.3) is 0 Å². The first-order valence-corrected chi connectivity index (χ1v) is 8.95. The van der Waals surface area contributed by atoms with E-state index in [0.29, 0.717) is 17.8 Å². The average molecular weight is 302 g/mol. The molecular weight excluding hydrogens is 272 g/mol. The van der Waals surface area contributed by atoms with Gasteiger partial charge in [0.25, 0.3) is 0 Å². The highest BCUT2D eigenvalue weighted by Crippen LogP contribution is 2.58. The Hall–Kier alpha value is -0.890. The zero-order chi connectivity index (χ0) is 16.1. The van der Waals surface area contributed by atoms with Gasteiger partial charge in [-0.3, -0.25) is 4.79 Å². The lowest BCUT2D eigenvalue weighted by atomic mass is 9.62. The third-order valence-electron chi connectivity index (χ3n) is 6.82. The molecule has 3 aliphatic rings. The Morgan fingerprint density at radius 1 is 1.23 bits per heavy atom. The molecule has 1 saturated carbocycles. The van der Waals surface area contributed by atoms with E-state index in [1.807, 2.05) is 0 Å². The smallest absolute Gasteiger partial charge is 0.187 e. The molecule has 0 aromatic heterocycles. The van der Waals surface area contributed by atoms with E-state index in [-0.39, 0.29) is 11.2 Å². The lowest BCUT2D eigenvalue weighted by Gasteiger charge is -2.43. The minimum Gasteiger partial charge on any atom is -0.384 e. The van der Waals surface area contributed by atoms with E-state index < -0.39 is 6.10 Å². The maximum Gasteiger partial charge on any atom is 0.187 e. The molecule has 2 heteroatoms. The van der Waals surface area contributed by atoms with Crippen LogP contribution in [0.1, 0.15) is 66.2 Å². The third kappa shape index (κ3) is 2.31. The van der Waals surface area contributed by atoms with Gasteiger partial charge in [-0.2, -0.15) is 0 Å². The molecule has 2 nitrogen and oxygen atoms in total. The third-order valence-corrected chi connectivity index (χ3v) is 6.82. The van der Waals surface area contributed by atoms with Crippen molar-refractivity contribution < 1.29 is 9.90 Å². The maximum absolute atomic E-state index is 12.8. The highest BCUT2D eigenvalue weighted by atomic mass is 16.3. The number of aliphatic hydroxyl groups is 1. The molecule has 0 unspecified atom stereocenters. The summed E-state index contributed by atoms with van der Waals surface area (Å²) in [7, 11) is 0. The van der Waals surface area contributed by atoms with Gasteiger partial charge in [-0.25, -0.2) is 0 Å². The Labute approximate surface area is 134 Å². The average Bonchev–Trinajstić information content (AvgIpc) is 2.83. The molecule has 0 heterocycles. The second kappa shape index (κ2) is 5.63. The topological polar surface area (TPSA) is 37.3 Å². The van der Waals surface area contributed by atoms with Crippen LogP contribution in [0.3, 0.4) is 0 Å². The van der Waals surface area contributed by atoms with E-state index in [4.69, 9.17) is 0 Å². The first-order valence-electron chi connectivity index (χ1n) is 8.95. The molecule has 1 N–H and O–H groups in total. The molecular formula is C20H30O2. The van der Waals surface area contributed by atoms with E-state index in [2.05, 4.69) is 33.8 Å². The van der Waals surface area contributed by atoms with Crippen molar-refractivity contribution >= 4 is 5.78 Å². The van der Waals surface area contributed by atoms with Gasteiger partial charge in [0.2, 0.25) is 0 Å². The Balaban J connectivity index is 2.11. The maximum atomic E-state index is 12.8. The van der Waals surface area contributed by atoms with Gasteiger partial charge in [0.05, 0.1) is 0 Å². The fraction of sp³-hybridized carbons (Fsp3) is 0.750. The minimum absolute atomic E-state index is 0.0185. The van der Waals surface area contributed by atoms with Crippen molar-refractivity contribution in [2.24, 2.45) is 23.2 Å². The Morgan fingerprint density at radius 3 is 2.68 bits per heavy atom. The van der Waals surface area contributed by atoms with Gasteiger partial charge in [-0.05, 0) is 75.7 Å². The fourth-order valence-electron chi connectivity index (χ4n) is 5.29. The first-order chi connectivity index (χ1) is 10.4. The Bertz CT molecular complexity index is 542. The summed E-state index contributed by atoms with van der Waals surface area (Å²) in [6.45, 7) is 8.84. The van der Waals surface area contributed by atoms with Gasteiger partial charge in [0.15, 0.2) is 5.78 Å². The van der Waals surface area contributed by atoms with Crippen molar-refractivity contribution in [2.45, 2.75) is 72.3 Å². The number of ketones is 1. The quantitative estimate of drug-likeness (QED) is 0.672. The molecule has 0 aromatic carbocycles. The second-order valence-electron chi connectivity index (χ2n) is 8.23. The highest BCUT2D eigenvalue weighted by Gasteiger charge is 2.56. The van der Waals surface area contributed by atoms with E-state index in [1.54, 1.807) is 0 Å². The molecule has 5 atom stereocenters. The number of carbonyl (C=O) groups excluding carboxylic acids is 1. The monoisotopic (exact) mass is 302 g/mol. The number of hydrogen-bond donors (Lipinski definition) is 1. The molecule has 1 fully saturated rings. The molecule has 3 aliphatic carbocycles. The van der Waals surface area contributed by atoms with Crippen molar-refractivity contribution in [3.05, 3.63) is 22.8 Å². The summed E-state index contributed by atoms with van der Waals surface area (Å²) in [6.07, 6.45) is 7.95. The zero-order valence-electron chi connectivity index (χ0n) is 14.5. The van der Waals surface area contributed by atoms with Gasteiger partial charge in [-0.15, -0.1) is 0 Å². The summed E-state index contributed by atoms with van der Waals surface area (Å²) in [6, 6.07) is 0. The molecule has 0 radical (unpaired) electrons. The summed E-state index contributed by atoms with van der Waals surface area (Å²) in [5.41, 5.74) is 3.44. The van der Waals surface area contributed by atoms with Crippen LogP contribution in [0.4, 0.5) is 0 Å². The summed E-state index contributed by atoms with van der Waals surface area (Å²) < 4.78 is 0. The molecule has 0 aliphatic heterocycles. The SMILES string of the molecule is CC1=C2CC[C@@H](C)CC/C=C(/C)[C@@H]3CC[C@](C)([C@H](O)C2=O)[C@H]13. The van der Waals surface area contributed by atoms with Crippen molar-refractivity contribution in [3.8, 4) is 0 Å². The Kier molecular flexibility index (Phi) is 4.09. The summed E-state index contributed by atoms with van der Waals surface area (Å²) >= 11 is 0. The molecule has 0 aromatic rings. The van der Waals surface area contributed by atoms with Crippen molar-refractivity contribution in [2.75, 3.05) is 0 Å². The van der Waals surface area contributed by atoms with Gasteiger partial charge in [0.1, 0.15) is 6.10 Å². The van der Waals surface area contributed by atoms with Gasteiger partial charge in [0, 0.05) is 5.41 Å². The number of hydrogen-bond acceptors (Lipinski definition) is 2. The van der Waals surface area contributed by atoms with E-state index in [0.717, 1.165) is 37.7 Å². The highest BCUT2D eigenvalue weighted by molar-refractivity contribution is 6.01.